The van der Waals surface area contributed by atoms with Crippen LogP contribution in [0.2, 0.25) is 0 Å². The van der Waals surface area contributed by atoms with Crippen molar-refractivity contribution in [3.8, 4) is 0 Å². The topological polar surface area (TPSA) is 43.1 Å². The van der Waals surface area contributed by atoms with Gasteiger partial charge in [0, 0.05) is 0 Å². The summed E-state index contributed by atoms with van der Waals surface area (Å²) in [5.41, 5.74) is 5.34. The zero-order valence-corrected chi connectivity index (χ0v) is 13.7. The van der Waals surface area contributed by atoms with Gasteiger partial charge >= 0.3 is 0 Å². The molecule has 1 aromatic rings. The molecule has 0 saturated carbocycles. The molecule has 2 N–H and O–H groups in total. The molecule has 2 nitrogen and oxygen atoms in total. The number of aryl methyl sites for hydroxylation is 1. The molecule has 0 unspecified atom stereocenters. The maximum Gasteiger partial charge on any atom is 0.254 e. The van der Waals surface area contributed by atoms with E-state index in [0.717, 1.165) is 19.3 Å². The third kappa shape index (κ3) is 5.39. The highest BCUT2D eigenvalue weighted by atomic mass is 19.1. The molecular weight excluding hydrogens is 284 g/mol. The van der Waals surface area contributed by atoms with E-state index in [1.165, 1.54) is 38.2 Å². The number of rotatable bonds is 10. The molecule has 0 bridgehead atoms. The van der Waals surface area contributed by atoms with Gasteiger partial charge in [-0.15, -0.1) is 0 Å². The average Bonchev–Trinajstić information content (AvgIpc) is 2.46. The minimum absolute atomic E-state index is 0.332. The third-order valence-electron chi connectivity index (χ3n) is 4.12. The first-order valence-electron chi connectivity index (χ1n) is 8.26. The summed E-state index contributed by atoms with van der Waals surface area (Å²) in [4.78, 5) is 11.1. The van der Waals surface area contributed by atoms with E-state index in [-0.39, 0.29) is 0 Å². The molecule has 124 valence electrons. The normalized spacial score (nSPS) is 10.9. The second-order valence-electron chi connectivity index (χ2n) is 5.92. The molecule has 0 radical (unpaired) electrons. The Hall–Kier alpha value is -1.45. The number of carbonyl (C=O) groups excluding carboxylic acids is 1. The van der Waals surface area contributed by atoms with Crippen molar-refractivity contribution in [3.05, 3.63) is 34.4 Å². The van der Waals surface area contributed by atoms with Gasteiger partial charge in [-0.05, 0) is 37.0 Å². The highest BCUT2D eigenvalue weighted by molar-refractivity contribution is 5.93. The Morgan fingerprint density at radius 2 is 1.59 bits per heavy atom. The van der Waals surface area contributed by atoms with E-state index in [2.05, 4.69) is 6.92 Å². The summed E-state index contributed by atoms with van der Waals surface area (Å²) < 4.78 is 27.7. The summed E-state index contributed by atoms with van der Waals surface area (Å²) >= 11 is 0. The molecule has 4 heteroatoms. The van der Waals surface area contributed by atoms with Crippen molar-refractivity contribution in [3.63, 3.8) is 0 Å². The van der Waals surface area contributed by atoms with Crippen molar-refractivity contribution in [2.45, 2.75) is 71.6 Å². The third-order valence-corrected chi connectivity index (χ3v) is 4.12. The Kier molecular flexibility index (Phi) is 8.07. The molecule has 1 rings (SSSR count). The Balaban J connectivity index is 2.45. The first kappa shape index (κ1) is 18.6. The van der Waals surface area contributed by atoms with Crippen molar-refractivity contribution in [1.29, 1.82) is 0 Å². The standard InChI is InChI=1S/C18H27F2NO/c1-3-4-5-6-7-8-9-10-11-14-12-15(19)16(18(21)22)17(20)13(14)2/h12H,3-11H2,1-2H3,(H2,21,22). The second-order valence-corrected chi connectivity index (χ2v) is 5.92. The largest absolute Gasteiger partial charge is 0.365 e. The predicted octanol–water partition coefficient (Wildman–Crippen LogP) is 5.06. The van der Waals surface area contributed by atoms with Crippen molar-refractivity contribution in [1.82, 2.24) is 0 Å². The van der Waals surface area contributed by atoms with Crippen molar-refractivity contribution >= 4 is 5.91 Å². The van der Waals surface area contributed by atoms with E-state index in [1.807, 2.05) is 0 Å². The summed E-state index contributed by atoms with van der Waals surface area (Å²) in [5, 5.41) is 0. The number of amides is 1. The van der Waals surface area contributed by atoms with Gasteiger partial charge in [0.2, 0.25) is 0 Å². The Morgan fingerprint density at radius 1 is 1.05 bits per heavy atom. The van der Waals surface area contributed by atoms with E-state index in [1.54, 1.807) is 6.92 Å². The smallest absolute Gasteiger partial charge is 0.254 e. The minimum Gasteiger partial charge on any atom is -0.365 e. The number of halogens is 2. The Bertz CT molecular complexity index is 500. The fraction of sp³-hybridized carbons (Fsp3) is 0.611. The first-order valence-corrected chi connectivity index (χ1v) is 8.26. The van der Waals surface area contributed by atoms with Gasteiger partial charge in [-0.2, -0.15) is 0 Å². The molecule has 0 atom stereocenters. The number of benzene rings is 1. The minimum atomic E-state index is -1.06. The van der Waals surface area contributed by atoms with Crippen LogP contribution in [0.5, 0.6) is 0 Å². The van der Waals surface area contributed by atoms with Crippen LogP contribution in [0.15, 0.2) is 6.07 Å². The zero-order chi connectivity index (χ0) is 16.5. The molecule has 1 amide bonds. The quantitative estimate of drug-likeness (QED) is 0.603. The molecule has 0 heterocycles. The van der Waals surface area contributed by atoms with Crippen LogP contribution in [0.3, 0.4) is 0 Å². The number of nitrogens with two attached hydrogens (primary N) is 1. The summed E-state index contributed by atoms with van der Waals surface area (Å²) in [5.74, 6) is -2.73. The van der Waals surface area contributed by atoms with Crippen LogP contribution >= 0.6 is 0 Å². The number of hydrogen-bond acceptors (Lipinski definition) is 1. The number of hydrogen-bond donors (Lipinski definition) is 1. The summed E-state index contributed by atoms with van der Waals surface area (Å²) in [7, 11) is 0. The predicted molar refractivity (Wildman–Crippen MR) is 85.9 cm³/mol. The van der Waals surface area contributed by atoms with Crippen LogP contribution in [0.1, 0.15) is 79.8 Å². The molecule has 0 fully saturated rings. The van der Waals surface area contributed by atoms with E-state index >= 15 is 0 Å². The van der Waals surface area contributed by atoms with Gasteiger partial charge in [-0.25, -0.2) is 8.78 Å². The van der Waals surface area contributed by atoms with Crippen molar-refractivity contribution in [2.75, 3.05) is 0 Å². The summed E-state index contributed by atoms with van der Waals surface area (Å²) in [6.07, 6.45) is 10.1. The van der Waals surface area contributed by atoms with Gasteiger partial charge in [0.05, 0.1) is 0 Å². The maximum atomic E-state index is 14.0. The van der Waals surface area contributed by atoms with Crippen LogP contribution in [0.4, 0.5) is 8.78 Å². The highest BCUT2D eigenvalue weighted by Gasteiger charge is 2.19. The van der Waals surface area contributed by atoms with Crippen LogP contribution in [-0.4, -0.2) is 5.91 Å². The number of primary amides is 1. The van der Waals surface area contributed by atoms with E-state index < -0.39 is 23.1 Å². The molecule has 1 aromatic carbocycles. The molecule has 0 aliphatic carbocycles. The Morgan fingerprint density at radius 3 is 2.14 bits per heavy atom. The van der Waals surface area contributed by atoms with Gasteiger partial charge < -0.3 is 5.73 Å². The first-order chi connectivity index (χ1) is 10.5. The van der Waals surface area contributed by atoms with Crippen LogP contribution < -0.4 is 5.73 Å². The fourth-order valence-electron chi connectivity index (χ4n) is 2.70. The lowest BCUT2D eigenvalue weighted by atomic mass is 9.97. The second kappa shape index (κ2) is 9.54. The molecule has 22 heavy (non-hydrogen) atoms. The monoisotopic (exact) mass is 311 g/mol. The van der Waals surface area contributed by atoms with Gasteiger partial charge in [0.15, 0.2) is 0 Å². The maximum absolute atomic E-state index is 14.0. The number of carbonyl (C=O) groups is 1. The number of unbranched alkanes of at least 4 members (excludes halogenated alkanes) is 7. The lowest BCUT2D eigenvalue weighted by Gasteiger charge is -2.10. The lowest BCUT2D eigenvalue weighted by Crippen LogP contribution is -2.17. The van der Waals surface area contributed by atoms with Crippen LogP contribution in [-0.2, 0) is 6.42 Å². The molecule has 0 saturated heterocycles. The Labute approximate surface area is 132 Å². The summed E-state index contributed by atoms with van der Waals surface area (Å²) in [6.45, 7) is 3.77. The SMILES string of the molecule is CCCCCCCCCCc1cc(F)c(C(N)=O)c(F)c1C. The average molecular weight is 311 g/mol. The van der Waals surface area contributed by atoms with Crippen LogP contribution in [0.25, 0.3) is 0 Å². The molecule has 0 spiro atoms. The molecular formula is C18H27F2NO. The van der Waals surface area contributed by atoms with Gasteiger partial charge in [-0.1, -0.05) is 51.9 Å². The fourth-order valence-corrected chi connectivity index (χ4v) is 2.70. The molecule has 0 aliphatic rings. The van der Waals surface area contributed by atoms with Crippen LogP contribution in [0, 0.1) is 18.6 Å². The summed E-state index contributed by atoms with van der Waals surface area (Å²) in [6, 6.07) is 1.25. The van der Waals surface area contributed by atoms with Crippen molar-refractivity contribution in [2.24, 2.45) is 5.73 Å². The van der Waals surface area contributed by atoms with E-state index in [4.69, 9.17) is 5.73 Å². The zero-order valence-electron chi connectivity index (χ0n) is 13.7. The van der Waals surface area contributed by atoms with Gasteiger partial charge in [0.1, 0.15) is 17.2 Å². The highest BCUT2D eigenvalue weighted by Crippen LogP contribution is 2.22. The van der Waals surface area contributed by atoms with Gasteiger partial charge in [0.25, 0.3) is 5.91 Å². The van der Waals surface area contributed by atoms with E-state index in [0.29, 0.717) is 17.5 Å². The molecule has 0 aliphatic heterocycles. The van der Waals surface area contributed by atoms with Crippen molar-refractivity contribution < 1.29 is 13.6 Å². The van der Waals surface area contributed by atoms with E-state index in [9.17, 15) is 13.6 Å². The van der Waals surface area contributed by atoms with Gasteiger partial charge in [-0.3, -0.25) is 4.79 Å². The molecule has 0 aromatic heterocycles. The lowest BCUT2D eigenvalue weighted by molar-refractivity contribution is 0.0992.